The van der Waals surface area contributed by atoms with Crippen LogP contribution < -0.4 is 5.32 Å². The summed E-state index contributed by atoms with van der Waals surface area (Å²) in [5.74, 6) is 0. The summed E-state index contributed by atoms with van der Waals surface area (Å²) >= 11 is 0. The van der Waals surface area contributed by atoms with E-state index in [0.29, 0.717) is 0 Å². The van der Waals surface area contributed by atoms with Gasteiger partial charge in [0.25, 0.3) is 0 Å². The fourth-order valence-electron chi connectivity index (χ4n) is 3.32. The van der Waals surface area contributed by atoms with Crippen molar-refractivity contribution in [2.45, 2.75) is 38.6 Å². The first-order valence-corrected chi connectivity index (χ1v) is 8.22. The van der Waals surface area contributed by atoms with Crippen molar-refractivity contribution in [1.29, 1.82) is 0 Å². The van der Waals surface area contributed by atoms with E-state index in [-0.39, 0.29) is 12.4 Å². The largest absolute Gasteiger partial charge is 0.358 e. The van der Waals surface area contributed by atoms with Crippen LogP contribution in [0.15, 0.2) is 18.2 Å². The fraction of sp³-hybridized carbons (Fsp3) is 0.556. The van der Waals surface area contributed by atoms with Crippen molar-refractivity contribution >= 4 is 23.3 Å². The molecule has 22 heavy (non-hydrogen) atoms. The molecule has 0 aliphatic heterocycles. The Kier molecular flexibility index (Phi) is 6.30. The van der Waals surface area contributed by atoms with Crippen molar-refractivity contribution in [3.05, 3.63) is 35.0 Å². The number of aromatic amines is 1. The lowest BCUT2D eigenvalue weighted by molar-refractivity contribution is 0.394. The maximum Gasteiger partial charge on any atom is 0.0459 e. The lowest BCUT2D eigenvalue weighted by Crippen LogP contribution is -2.20. The van der Waals surface area contributed by atoms with Crippen molar-refractivity contribution < 1.29 is 0 Å². The fourth-order valence-corrected chi connectivity index (χ4v) is 3.32. The molecule has 0 radical (unpaired) electrons. The van der Waals surface area contributed by atoms with Gasteiger partial charge in [0.05, 0.1) is 0 Å². The van der Waals surface area contributed by atoms with Crippen molar-refractivity contribution in [2.24, 2.45) is 0 Å². The molecule has 3 rings (SSSR count). The van der Waals surface area contributed by atoms with Crippen molar-refractivity contribution in [3.63, 3.8) is 0 Å². The standard InChI is InChI=1S/C18H27N3.ClH/c1-21(2)11-5-10-19-13-14-8-9-18-16(12-14)15-6-3-4-7-17(15)20-18;/h8-9,12,19-20H,3-7,10-11,13H2,1-2H3;1H. The summed E-state index contributed by atoms with van der Waals surface area (Å²) in [5, 5.41) is 5.01. The van der Waals surface area contributed by atoms with Gasteiger partial charge in [0.2, 0.25) is 0 Å². The van der Waals surface area contributed by atoms with Gasteiger partial charge in [-0.2, -0.15) is 0 Å². The Balaban J connectivity index is 0.00000176. The van der Waals surface area contributed by atoms with Crippen LogP contribution in [-0.4, -0.2) is 37.1 Å². The van der Waals surface area contributed by atoms with Crippen LogP contribution in [0.25, 0.3) is 10.9 Å². The average molecular weight is 322 g/mol. The zero-order chi connectivity index (χ0) is 14.7. The summed E-state index contributed by atoms with van der Waals surface area (Å²) in [4.78, 5) is 5.84. The average Bonchev–Trinajstić information content (AvgIpc) is 2.84. The van der Waals surface area contributed by atoms with Crippen LogP contribution in [0.4, 0.5) is 0 Å². The van der Waals surface area contributed by atoms with Crippen molar-refractivity contribution in [2.75, 3.05) is 27.2 Å². The van der Waals surface area contributed by atoms with Gasteiger partial charge in [-0.3, -0.25) is 0 Å². The Hall–Kier alpha value is -1.03. The first kappa shape index (κ1) is 17.3. The molecule has 2 aromatic rings. The van der Waals surface area contributed by atoms with Crippen molar-refractivity contribution in [3.8, 4) is 0 Å². The molecule has 2 N–H and O–H groups in total. The van der Waals surface area contributed by atoms with Gasteiger partial charge < -0.3 is 15.2 Å². The molecule has 1 aliphatic rings. The Labute approximate surface area is 139 Å². The predicted molar refractivity (Wildman–Crippen MR) is 97.1 cm³/mol. The number of rotatable bonds is 6. The minimum atomic E-state index is 0. The summed E-state index contributed by atoms with van der Waals surface area (Å²) in [6.07, 6.45) is 6.35. The second kappa shape index (κ2) is 8.00. The molecule has 1 aromatic heterocycles. The Morgan fingerprint density at radius 2 is 2.00 bits per heavy atom. The van der Waals surface area contributed by atoms with Crippen molar-refractivity contribution in [1.82, 2.24) is 15.2 Å². The maximum atomic E-state index is 3.61. The quantitative estimate of drug-likeness (QED) is 0.798. The molecule has 1 heterocycles. The van der Waals surface area contributed by atoms with Crippen LogP contribution in [-0.2, 0) is 19.4 Å². The normalized spacial score (nSPS) is 14.1. The van der Waals surface area contributed by atoms with Gasteiger partial charge in [-0.25, -0.2) is 0 Å². The molecule has 0 saturated carbocycles. The number of nitrogens with zero attached hydrogens (tertiary/aromatic N) is 1. The van der Waals surface area contributed by atoms with E-state index in [4.69, 9.17) is 0 Å². The summed E-state index contributed by atoms with van der Waals surface area (Å²) in [6.45, 7) is 3.21. The van der Waals surface area contributed by atoms with Gasteiger partial charge in [0.1, 0.15) is 0 Å². The molecule has 1 aromatic carbocycles. The number of benzene rings is 1. The van der Waals surface area contributed by atoms with Crippen LogP contribution in [0.5, 0.6) is 0 Å². The third-order valence-corrected chi connectivity index (χ3v) is 4.45. The molecular weight excluding hydrogens is 294 g/mol. The van der Waals surface area contributed by atoms with Gasteiger partial charge in [-0.15, -0.1) is 12.4 Å². The van der Waals surface area contributed by atoms with E-state index in [9.17, 15) is 0 Å². The lowest BCUT2D eigenvalue weighted by Gasteiger charge is -2.11. The third-order valence-electron chi connectivity index (χ3n) is 4.45. The SMILES string of the molecule is CN(C)CCCNCc1ccc2[nH]c3c(c2c1)CCCC3.Cl. The van der Waals surface area contributed by atoms with E-state index in [2.05, 4.69) is 47.5 Å². The van der Waals surface area contributed by atoms with Gasteiger partial charge >= 0.3 is 0 Å². The van der Waals surface area contributed by atoms with E-state index in [0.717, 1.165) is 19.6 Å². The molecule has 4 heteroatoms. The highest BCUT2D eigenvalue weighted by Crippen LogP contribution is 2.29. The summed E-state index contributed by atoms with van der Waals surface area (Å²) in [7, 11) is 4.26. The van der Waals surface area contributed by atoms with Crippen LogP contribution in [0.3, 0.4) is 0 Å². The minimum Gasteiger partial charge on any atom is -0.358 e. The number of fused-ring (bicyclic) bond motifs is 3. The molecular formula is C18H28ClN3. The molecule has 3 nitrogen and oxygen atoms in total. The zero-order valence-electron chi connectivity index (χ0n) is 13.7. The second-order valence-corrected chi connectivity index (χ2v) is 6.50. The topological polar surface area (TPSA) is 31.1 Å². The van der Waals surface area contributed by atoms with Crippen LogP contribution >= 0.6 is 12.4 Å². The minimum absolute atomic E-state index is 0. The monoisotopic (exact) mass is 321 g/mol. The highest BCUT2D eigenvalue weighted by molar-refractivity contribution is 5.86. The Morgan fingerprint density at radius 3 is 2.82 bits per heavy atom. The van der Waals surface area contributed by atoms with E-state index in [1.807, 2.05) is 0 Å². The molecule has 0 atom stereocenters. The predicted octanol–water partition coefficient (Wildman–Crippen LogP) is 3.51. The van der Waals surface area contributed by atoms with Gasteiger partial charge in [0, 0.05) is 23.1 Å². The third kappa shape index (κ3) is 4.03. The smallest absolute Gasteiger partial charge is 0.0459 e. The second-order valence-electron chi connectivity index (χ2n) is 6.50. The highest BCUT2D eigenvalue weighted by Gasteiger charge is 2.15. The highest BCUT2D eigenvalue weighted by atomic mass is 35.5. The number of halogens is 1. The molecule has 0 saturated heterocycles. The Morgan fingerprint density at radius 1 is 1.18 bits per heavy atom. The summed E-state index contributed by atoms with van der Waals surface area (Å²) < 4.78 is 0. The number of aromatic nitrogens is 1. The summed E-state index contributed by atoms with van der Waals surface area (Å²) in [6, 6.07) is 6.89. The van der Waals surface area contributed by atoms with Crippen LogP contribution in [0.1, 0.15) is 36.1 Å². The molecule has 1 aliphatic carbocycles. The molecule has 0 bridgehead atoms. The number of H-pyrrole nitrogens is 1. The molecule has 0 spiro atoms. The van der Waals surface area contributed by atoms with E-state index < -0.39 is 0 Å². The number of aryl methyl sites for hydroxylation is 2. The van der Waals surface area contributed by atoms with E-state index >= 15 is 0 Å². The number of hydrogen-bond donors (Lipinski definition) is 2. The van der Waals surface area contributed by atoms with Crippen LogP contribution in [0, 0.1) is 0 Å². The molecule has 0 fully saturated rings. The zero-order valence-corrected chi connectivity index (χ0v) is 14.6. The molecule has 0 amide bonds. The first-order valence-electron chi connectivity index (χ1n) is 8.22. The van der Waals surface area contributed by atoms with Gasteiger partial charge in [0.15, 0.2) is 0 Å². The lowest BCUT2D eigenvalue weighted by atomic mass is 9.95. The van der Waals surface area contributed by atoms with Gasteiger partial charge in [-0.1, -0.05) is 6.07 Å². The van der Waals surface area contributed by atoms with E-state index in [1.54, 1.807) is 5.56 Å². The summed E-state index contributed by atoms with van der Waals surface area (Å²) in [5.41, 5.74) is 5.77. The van der Waals surface area contributed by atoms with Crippen LogP contribution in [0.2, 0.25) is 0 Å². The number of nitrogens with one attached hydrogen (secondary N) is 2. The molecule has 0 unspecified atom stereocenters. The maximum absolute atomic E-state index is 3.61. The van der Waals surface area contributed by atoms with Gasteiger partial charge in [-0.05, 0) is 82.5 Å². The first-order chi connectivity index (χ1) is 10.2. The Bertz CT molecular complexity index is 604. The van der Waals surface area contributed by atoms with E-state index in [1.165, 1.54) is 54.3 Å². The molecule has 122 valence electrons. The number of hydrogen-bond acceptors (Lipinski definition) is 2.